The fraction of sp³-hybridized carbons (Fsp3) is 0.154. The van der Waals surface area contributed by atoms with E-state index in [4.69, 9.17) is 0 Å². The van der Waals surface area contributed by atoms with E-state index >= 15 is 0 Å². The van der Waals surface area contributed by atoms with E-state index < -0.39 is 0 Å². The molecule has 172 valence electrons. The predicted molar refractivity (Wildman–Crippen MR) is 141 cm³/mol. The van der Waals surface area contributed by atoms with Gasteiger partial charge in [-0.05, 0) is 50.6 Å². The highest BCUT2D eigenvalue weighted by Gasteiger charge is 2.17. The third-order valence-electron chi connectivity index (χ3n) is 5.18. The van der Waals surface area contributed by atoms with E-state index in [0.717, 1.165) is 32.8 Å². The fourth-order valence-corrected chi connectivity index (χ4v) is 4.25. The Morgan fingerprint density at radius 1 is 0.941 bits per heavy atom. The van der Waals surface area contributed by atoms with Crippen LogP contribution in [0.4, 0.5) is 0 Å². The first kappa shape index (κ1) is 23.9. The van der Waals surface area contributed by atoms with E-state index in [1.807, 2.05) is 66.9 Å². The Morgan fingerprint density at radius 3 is 2.21 bits per heavy atom. The monoisotopic (exact) mass is 533 g/mol. The van der Waals surface area contributed by atoms with Gasteiger partial charge in [0.2, 0.25) is 0 Å². The van der Waals surface area contributed by atoms with Gasteiger partial charge in [-0.3, -0.25) is 9.36 Å². The summed E-state index contributed by atoms with van der Waals surface area (Å²) in [6.07, 6.45) is 0. The summed E-state index contributed by atoms with van der Waals surface area (Å²) in [5, 5.41) is 13.7. The van der Waals surface area contributed by atoms with E-state index in [1.165, 1.54) is 22.9 Å². The third-order valence-corrected chi connectivity index (χ3v) is 6.64. The molecule has 4 rings (SSSR count). The van der Waals surface area contributed by atoms with Crippen LogP contribution in [0.2, 0.25) is 0 Å². The maximum Gasteiger partial charge on any atom is 0.250 e. The molecule has 1 heterocycles. The largest absolute Gasteiger partial charge is 0.272 e. The Kier molecular flexibility index (Phi) is 7.59. The van der Waals surface area contributed by atoms with Gasteiger partial charge in [0, 0.05) is 15.7 Å². The van der Waals surface area contributed by atoms with Gasteiger partial charge in [-0.25, -0.2) is 5.43 Å². The van der Waals surface area contributed by atoms with Crippen LogP contribution < -0.4 is 5.43 Å². The average Bonchev–Trinajstić information content (AvgIpc) is 3.26. The molecule has 1 aromatic heterocycles. The molecule has 0 radical (unpaired) electrons. The molecule has 0 aliphatic heterocycles. The number of aryl methyl sites for hydroxylation is 2. The minimum atomic E-state index is -0.211. The number of carbonyl (C=O) groups excluding carboxylic acids is 1. The topological polar surface area (TPSA) is 72.2 Å². The third kappa shape index (κ3) is 5.81. The van der Waals surface area contributed by atoms with Gasteiger partial charge in [-0.15, -0.1) is 10.2 Å². The van der Waals surface area contributed by atoms with Crippen LogP contribution in [0.1, 0.15) is 23.6 Å². The SMILES string of the molecule is CC(=NNC(=O)CSc1nnc(-c2ccc(C)cc2)n1-c1ccc(C)cc1)c1ccc(Br)cc1. The van der Waals surface area contributed by atoms with Crippen LogP contribution in [0.25, 0.3) is 17.1 Å². The van der Waals surface area contributed by atoms with Gasteiger partial charge in [0.1, 0.15) is 0 Å². The van der Waals surface area contributed by atoms with Crippen LogP contribution in [0.5, 0.6) is 0 Å². The standard InChI is InChI=1S/C26H24BrN5OS/c1-17-4-8-21(9-5-17)25-30-31-26(32(25)23-14-6-18(2)7-15-23)34-16-24(33)29-28-19(3)20-10-12-22(27)13-11-20/h4-15H,16H2,1-3H3,(H,29,33). The van der Waals surface area contributed by atoms with Crippen molar-refractivity contribution in [1.82, 2.24) is 20.2 Å². The summed E-state index contributed by atoms with van der Waals surface area (Å²) in [5.41, 5.74) is 8.56. The molecule has 0 aliphatic carbocycles. The van der Waals surface area contributed by atoms with Crippen molar-refractivity contribution in [2.75, 3.05) is 5.75 Å². The number of aromatic nitrogens is 3. The average molecular weight is 534 g/mol. The Hall–Kier alpha value is -3.23. The lowest BCUT2D eigenvalue weighted by molar-refractivity contribution is -0.118. The smallest absolute Gasteiger partial charge is 0.250 e. The summed E-state index contributed by atoms with van der Waals surface area (Å²) >= 11 is 4.74. The lowest BCUT2D eigenvalue weighted by Gasteiger charge is -2.11. The van der Waals surface area contributed by atoms with E-state index in [1.54, 1.807) is 0 Å². The Balaban J connectivity index is 1.52. The van der Waals surface area contributed by atoms with Crippen LogP contribution in [-0.4, -0.2) is 32.1 Å². The number of hydrogen-bond donors (Lipinski definition) is 1. The van der Waals surface area contributed by atoms with Crippen LogP contribution >= 0.6 is 27.7 Å². The molecule has 0 spiro atoms. The maximum atomic E-state index is 12.5. The molecule has 34 heavy (non-hydrogen) atoms. The van der Waals surface area contributed by atoms with Crippen LogP contribution in [0, 0.1) is 13.8 Å². The summed E-state index contributed by atoms with van der Waals surface area (Å²) in [6, 6.07) is 24.1. The Morgan fingerprint density at radius 2 is 1.56 bits per heavy atom. The molecule has 0 bridgehead atoms. The first-order valence-electron chi connectivity index (χ1n) is 10.7. The molecule has 8 heteroatoms. The molecule has 0 atom stereocenters. The van der Waals surface area contributed by atoms with Crippen molar-refractivity contribution in [2.24, 2.45) is 5.10 Å². The van der Waals surface area contributed by atoms with E-state index in [0.29, 0.717) is 5.16 Å². The second-order valence-electron chi connectivity index (χ2n) is 7.87. The second-order valence-corrected chi connectivity index (χ2v) is 9.73. The summed E-state index contributed by atoms with van der Waals surface area (Å²) in [6.45, 7) is 5.96. The van der Waals surface area contributed by atoms with E-state index in [-0.39, 0.29) is 11.7 Å². The number of hydrogen-bond acceptors (Lipinski definition) is 5. The number of nitrogens with one attached hydrogen (secondary N) is 1. The maximum absolute atomic E-state index is 12.5. The normalized spacial score (nSPS) is 11.5. The lowest BCUT2D eigenvalue weighted by Crippen LogP contribution is -2.21. The number of nitrogens with zero attached hydrogens (tertiary/aromatic N) is 4. The zero-order chi connectivity index (χ0) is 24.1. The van der Waals surface area contributed by atoms with Gasteiger partial charge in [-0.1, -0.05) is 87.3 Å². The highest BCUT2D eigenvalue weighted by Crippen LogP contribution is 2.28. The van der Waals surface area contributed by atoms with Gasteiger partial charge >= 0.3 is 0 Å². The van der Waals surface area contributed by atoms with Gasteiger partial charge < -0.3 is 0 Å². The fourth-order valence-electron chi connectivity index (χ4n) is 3.24. The molecule has 1 N–H and O–H groups in total. The first-order valence-corrected chi connectivity index (χ1v) is 12.5. The zero-order valence-corrected chi connectivity index (χ0v) is 21.5. The van der Waals surface area contributed by atoms with Gasteiger partial charge in [-0.2, -0.15) is 5.10 Å². The quantitative estimate of drug-likeness (QED) is 0.181. The second kappa shape index (κ2) is 10.8. The Labute approximate surface area is 211 Å². The minimum Gasteiger partial charge on any atom is -0.272 e. The van der Waals surface area contributed by atoms with Crippen molar-refractivity contribution in [1.29, 1.82) is 0 Å². The lowest BCUT2D eigenvalue weighted by atomic mass is 10.1. The minimum absolute atomic E-state index is 0.162. The van der Waals surface area contributed by atoms with Gasteiger partial charge in [0.25, 0.3) is 5.91 Å². The van der Waals surface area contributed by atoms with Crippen LogP contribution in [0.3, 0.4) is 0 Å². The van der Waals surface area contributed by atoms with Crippen molar-refractivity contribution in [2.45, 2.75) is 25.9 Å². The number of carbonyl (C=O) groups is 1. The molecular formula is C26H24BrN5OS. The van der Waals surface area contributed by atoms with Crippen LogP contribution in [0.15, 0.2) is 87.5 Å². The number of benzene rings is 3. The zero-order valence-electron chi connectivity index (χ0n) is 19.1. The highest BCUT2D eigenvalue weighted by atomic mass is 79.9. The summed E-state index contributed by atoms with van der Waals surface area (Å²) in [5.74, 6) is 0.683. The first-order chi connectivity index (χ1) is 16.4. The molecule has 0 unspecified atom stereocenters. The molecule has 1 amide bonds. The molecular weight excluding hydrogens is 510 g/mol. The number of hydrazone groups is 1. The van der Waals surface area contributed by atoms with Crippen molar-refractivity contribution < 1.29 is 4.79 Å². The molecule has 0 saturated carbocycles. The van der Waals surface area contributed by atoms with Crippen LogP contribution in [-0.2, 0) is 4.79 Å². The number of thioether (sulfide) groups is 1. The van der Waals surface area contributed by atoms with Crippen molar-refractivity contribution in [3.63, 3.8) is 0 Å². The molecule has 3 aromatic carbocycles. The number of halogens is 1. The molecule has 0 fully saturated rings. The van der Waals surface area contributed by atoms with Gasteiger partial charge in [0.05, 0.1) is 11.5 Å². The summed E-state index contributed by atoms with van der Waals surface area (Å²) in [4.78, 5) is 12.5. The van der Waals surface area contributed by atoms with Crippen molar-refractivity contribution in [3.05, 3.63) is 94.0 Å². The summed E-state index contributed by atoms with van der Waals surface area (Å²) in [7, 11) is 0. The summed E-state index contributed by atoms with van der Waals surface area (Å²) < 4.78 is 2.98. The molecule has 4 aromatic rings. The Bertz CT molecular complexity index is 1310. The highest BCUT2D eigenvalue weighted by molar-refractivity contribution is 9.10. The molecule has 0 aliphatic rings. The predicted octanol–water partition coefficient (Wildman–Crippen LogP) is 5.95. The molecule has 0 saturated heterocycles. The van der Waals surface area contributed by atoms with E-state index in [2.05, 4.69) is 67.8 Å². The van der Waals surface area contributed by atoms with Gasteiger partial charge in [0.15, 0.2) is 11.0 Å². The number of amides is 1. The molecule has 6 nitrogen and oxygen atoms in total. The number of rotatable bonds is 7. The van der Waals surface area contributed by atoms with E-state index in [9.17, 15) is 4.79 Å². The van der Waals surface area contributed by atoms with Crippen molar-refractivity contribution in [3.8, 4) is 17.1 Å². The van der Waals surface area contributed by atoms with Crippen molar-refractivity contribution >= 4 is 39.3 Å².